The summed E-state index contributed by atoms with van der Waals surface area (Å²) in [6, 6.07) is -1.07. The number of aromatic nitrogens is 1. The van der Waals surface area contributed by atoms with Crippen molar-refractivity contribution in [2.24, 2.45) is 16.3 Å². The Morgan fingerprint density at radius 2 is 2.00 bits per heavy atom. The molecule has 3 rings (SSSR count). The molecule has 2 aliphatic heterocycles. The first-order valence-corrected chi connectivity index (χ1v) is 13.1. The Hall–Kier alpha value is -4.12. The third kappa shape index (κ3) is 6.85. The third-order valence-corrected chi connectivity index (χ3v) is 7.17. The number of β-lactam (4-membered cyclic amide) rings is 1. The van der Waals surface area contributed by atoms with Crippen molar-refractivity contribution in [1.29, 1.82) is 0 Å². The number of carbonyl (C=O) groups excluding carboxylic acids is 5. The van der Waals surface area contributed by atoms with Gasteiger partial charge in [-0.3, -0.25) is 19.3 Å². The topological polar surface area (TPSA) is 226 Å². The molecule has 0 spiro atoms. The van der Waals surface area contributed by atoms with Gasteiger partial charge in [0.1, 0.15) is 29.4 Å². The van der Waals surface area contributed by atoms with E-state index in [1.54, 1.807) is 20.8 Å². The predicted molar refractivity (Wildman–Crippen MR) is 138 cm³/mol. The van der Waals surface area contributed by atoms with E-state index < -0.39 is 59.2 Å². The monoisotopic (exact) mass is 582 g/mol. The summed E-state index contributed by atoms with van der Waals surface area (Å²) in [5.74, 6) is -2.88. The van der Waals surface area contributed by atoms with Crippen molar-refractivity contribution < 1.29 is 43.4 Å². The van der Waals surface area contributed by atoms with E-state index in [4.69, 9.17) is 20.9 Å². The number of fused-ring (bicyclic) bond motifs is 1. The molecule has 15 nitrogen and oxygen atoms in total. The number of ether oxygens (including phenoxy) is 3. The fraction of sp³-hybridized carbons (Fsp3) is 0.409. The van der Waals surface area contributed by atoms with Crippen LogP contribution in [0.3, 0.4) is 0 Å². The van der Waals surface area contributed by atoms with E-state index in [1.165, 1.54) is 29.3 Å². The number of oxime groups is 1. The lowest BCUT2D eigenvalue weighted by atomic mass is 9.98. The zero-order chi connectivity index (χ0) is 28.9. The first-order valence-electron chi connectivity index (χ1n) is 11.2. The van der Waals surface area contributed by atoms with Gasteiger partial charge >= 0.3 is 18.0 Å². The van der Waals surface area contributed by atoms with Gasteiger partial charge in [-0.2, -0.15) is 0 Å². The number of thioether (sulfide) groups is 1. The molecule has 210 valence electrons. The van der Waals surface area contributed by atoms with Crippen molar-refractivity contribution >= 4 is 63.8 Å². The highest BCUT2D eigenvalue weighted by Gasteiger charge is 2.54. The van der Waals surface area contributed by atoms with Crippen LogP contribution in [0.1, 0.15) is 26.5 Å². The van der Waals surface area contributed by atoms with Crippen molar-refractivity contribution in [2.45, 2.75) is 32.2 Å². The second-order valence-electron chi connectivity index (χ2n) is 9.02. The van der Waals surface area contributed by atoms with Crippen LogP contribution in [-0.4, -0.2) is 81.2 Å². The summed E-state index contributed by atoms with van der Waals surface area (Å²) >= 11 is 2.26. The van der Waals surface area contributed by atoms with E-state index in [9.17, 15) is 29.2 Å². The molecule has 0 aliphatic carbocycles. The Morgan fingerprint density at radius 1 is 1.28 bits per heavy atom. The maximum atomic E-state index is 13.1. The van der Waals surface area contributed by atoms with Crippen LogP contribution in [-0.2, 0) is 33.4 Å². The molecule has 1 aromatic heterocycles. The Bertz CT molecular complexity index is 1270. The fourth-order valence-electron chi connectivity index (χ4n) is 3.32. The molecule has 3 heterocycles. The van der Waals surface area contributed by atoms with Gasteiger partial charge in [0.25, 0.3) is 11.8 Å². The number of rotatable bonds is 9. The summed E-state index contributed by atoms with van der Waals surface area (Å²) in [5, 5.41) is 15.6. The Balaban J connectivity index is 1.77. The highest BCUT2D eigenvalue weighted by Crippen LogP contribution is 2.41. The van der Waals surface area contributed by atoms with E-state index in [1.807, 2.05) is 0 Å². The van der Waals surface area contributed by atoms with Crippen LogP contribution >= 0.6 is 23.1 Å². The molecule has 39 heavy (non-hydrogen) atoms. The molecule has 3 amide bonds. The first-order chi connectivity index (χ1) is 18.3. The lowest BCUT2D eigenvalue weighted by molar-refractivity contribution is -0.173. The second-order valence-corrected chi connectivity index (χ2v) is 11.0. The number of nitrogens with zero attached hydrogens (tertiary/aromatic N) is 3. The van der Waals surface area contributed by atoms with Gasteiger partial charge in [0.15, 0.2) is 10.8 Å². The molecule has 1 unspecified atom stereocenters. The van der Waals surface area contributed by atoms with Crippen molar-refractivity contribution in [3.8, 4) is 0 Å². The van der Waals surface area contributed by atoms with Gasteiger partial charge in [0.2, 0.25) is 6.79 Å². The number of amides is 3. The summed E-state index contributed by atoms with van der Waals surface area (Å²) < 4.78 is 14.7. The average molecular weight is 583 g/mol. The molecule has 1 fully saturated rings. The molecular formula is C22H26N6O9S2. The van der Waals surface area contributed by atoms with Crippen molar-refractivity contribution in [2.75, 3.05) is 24.9 Å². The predicted octanol–water partition coefficient (Wildman–Crippen LogP) is 0.299. The molecule has 0 aromatic carbocycles. The van der Waals surface area contributed by atoms with Gasteiger partial charge < -0.3 is 36.2 Å². The molecule has 1 aromatic rings. The Kier molecular flexibility index (Phi) is 9.18. The minimum absolute atomic E-state index is 0.0250. The summed E-state index contributed by atoms with van der Waals surface area (Å²) in [6.07, 6.45) is 1.89. The van der Waals surface area contributed by atoms with Crippen LogP contribution in [0.15, 0.2) is 34.0 Å². The number of anilines is 1. The summed E-state index contributed by atoms with van der Waals surface area (Å²) in [7, 11) is 0. The normalized spacial score (nSPS) is 19.3. The van der Waals surface area contributed by atoms with Gasteiger partial charge in [-0.25, -0.2) is 14.6 Å². The lowest BCUT2D eigenvalue weighted by Gasteiger charge is -2.49. The molecular weight excluding hydrogens is 556 g/mol. The Morgan fingerprint density at radius 3 is 2.59 bits per heavy atom. The lowest BCUT2D eigenvalue weighted by Crippen LogP contribution is -2.71. The van der Waals surface area contributed by atoms with Crippen molar-refractivity contribution in [1.82, 2.24) is 15.2 Å². The zero-order valence-corrected chi connectivity index (χ0v) is 22.7. The number of allylic oxidation sites excluding steroid dienone is 1. The van der Waals surface area contributed by atoms with E-state index >= 15 is 0 Å². The molecule has 0 bridgehead atoms. The third-order valence-electron chi connectivity index (χ3n) is 5.19. The number of hydrogen-bond acceptors (Lipinski definition) is 14. The van der Waals surface area contributed by atoms with Gasteiger partial charge in [-0.1, -0.05) is 11.2 Å². The number of hydrogen-bond donors (Lipinski definition) is 4. The molecule has 6 N–H and O–H groups in total. The maximum Gasteiger partial charge on any atom is 0.404 e. The van der Waals surface area contributed by atoms with Gasteiger partial charge in [-0.05, 0) is 32.4 Å². The number of nitrogens with one attached hydrogen (secondary N) is 1. The molecule has 17 heteroatoms. The summed E-state index contributed by atoms with van der Waals surface area (Å²) in [6.45, 7) is 4.01. The van der Waals surface area contributed by atoms with Crippen LogP contribution in [0.4, 0.5) is 9.93 Å². The molecule has 2 atom stereocenters. The number of esters is 2. The van der Waals surface area contributed by atoms with Gasteiger partial charge in [0.05, 0.1) is 5.41 Å². The maximum absolute atomic E-state index is 13.1. The highest BCUT2D eigenvalue weighted by atomic mass is 32.2. The minimum Gasteiger partial charge on any atom is -0.445 e. The highest BCUT2D eigenvalue weighted by molar-refractivity contribution is 8.00. The molecule has 1 saturated heterocycles. The molecule has 0 saturated carbocycles. The number of primary amides is 1. The summed E-state index contributed by atoms with van der Waals surface area (Å²) in [5.41, 5.74) is 9.48. The smallest absolute Gasteiger partial charge is 0.404 e. The fourth-order valence-corrected chi connectivity index (χ4v) is 5.19. The van der Waals surface area contributed by atoms with E-state index in [-0.39, 0.29) is 28.9 Å². The number of nitrogen functional groups attached to an aromatic ring is 1. The number of thiazole rings is 1. The van der Waals surface area contributed by atoms with Crippen LogP contribution in [0.2, 0.25) is 0 Å². The van der Waals surface area contributed by atoms with Crippen LogP contribution in [0.5, 0.6) is 0 Å². The largest absolute Gasteiger partial charge is 0.445 e. The van der Waals surface area contributed by atoms with Crippen LogP contribution < -0.4 is 16.8 Å². The van der Waals surface area contributed by atoms with Crippen LogP contribution in [0, 0.1) is 5.41 Å². The van der Waals surface area contributed by atoms with Gasteiger partial charge in [0, 0.05) is 11.1 Å². The standard InChI is InChI=1S/C22H26N6O9S2/c1-22(2,3)19(32)37-9-36-18(31)14-10(5-4-6-35-21(24)33)7-38-17-13(16(30)28(14)17)26-15(29)12(27-34)11-8-39-20(23)25-11/h4-5,8,13,17,34H,6-7,9H2,1-3H3,(H2,23,25)(H2,24,33)(H,26,29)/b5-4-,27-12-/t13?,17-/m0/s1. The van der Waals surface area contributed by atoms with Crippen LogP contribution in [0.25, 0.3) is 0 Å². The SMILES string of the molecule is CC(C)(C)C(=O)OCOC(=O)C1=C(/C=C\COC(N)=O)CS[C@H]2C(NC(=O)/C(=N\O)c3csc(N)n3)C(=O)N12. The van der Waals surface area contributed by atoms with Crippen molar-refractivity contribution in [3.05, 3.63) is 34.5 Å². The summed E-state index contributed by atoms with van der Waals surface area (Å²) in [4.78, 5) is 66.7. The Labute approximate surface area is 230 Å². The van der Waals surface area contributed by atoms with E-state index in [0.29, 0.717) is 5.57 Å². The first kappa shape index (κ1) is 29.4. The molecule has 0 radical (unpaired) electrons. The zero-order valence-electron chi connectivity index (χ0n) is 21.0. The quantitative estimate of drug-likeness (QED) is 0.0770. The number of nitrogens with two attached hydrogens (primary N) is 2. The molecule has 2 aliphatic rings. The number of carbonyl (C=O) groups is 5. The van der Waals surface area contributed by atoms with E-state index in [2.05, 4.69) is 20.2 Å². The average Bonchev–Trinajstić information content (AvgIpc) is 3.29. The van der Waals surface area contributed by atoms with Crippen molar-refractivity contribution in [3.63, 3.8) is 0 Å². The second kappa shape index (κ2) is 12.2. The van der Waals surface area contributed by atoms with E-state index in [0.717, 1.165) is 16.2 Å². The minimum atomic E-state index is -1.07. The van der Waals surface area contributed by atoms with Gasteiger partial charge in [-0.15, -0.1) is 23.1 Å².